The van der Waals surface area contributed by atoms with Gasteiger partial charge in [-0.3, -0.25) is 4.40 Å². The molecule has 0 spiro atoms. The number of methoxy groups -OCH3 is 1. The predicted octanol–water partition coefficient (Wildman–Crippen LogP) is 5.78. The third-order valence-electron chi connectivity index (χ3n) is 5.70. The Bertz CT molecular complexity index is 1450. The molecule has 1 N–H and O–H groups in total. The van der Waals surface area contributed by atoms with Crippen molar-refractivity contribution in [3.8, 4) is 28.4 Å². The molecular weight excluding hydrogens is 429 g/mol. The molecule has 0 aliphatic rings. The molecule has 0 fully saturated rings. The van der Waals surface area contributed by atoms with Crippen molar-refractivity contribution in [2.75, 3.05) is 12.4 Å². The number of fused-ring (bicyclic) bond motifs is 1. The molecule has 3 heterocycles. The summed E-state index contributed by atoms with van der Waals surface area (Å²) in [6.07, 6.45) is 4.65. The van der Waals surface area contributed by atoms with Crippen LogP contribution < -0.4 is 10.1 Å². The van der Waals surface area contributed by atoms with Crippen molar-refractivity contribution in [3.63, 3.8) is 0 Å². The second-order valence-electron chi connectivity index (χ2n) is 7.90. The second-order valence-corrected chi connectivity index (χ2v) is 7.90. The summed E-state index contributed by atoms with van der Waals surface area (Å²) in [6.45, 7) is 2.67. The first kappa shape index (κ1) is 21.6. The third kappa shape index (κ3) is 4.32. The molecule has 5 aromatic rings. The van der Waals surface area contributed by atoms with Crippen molar-refractivity contribution in [3.05, 3.63) is 96.1 Å². The summed E-state index contributed by atoms with van der Waals surface area (Å²) in [5.41, 5.74) is 6.18. The maximum atomic E-state index is 13.6. The Morgan fingerprint density at radius 1 is 0.971 bits per heavy atom. The highest BCUT2D eigenvalue weighted by atomic mass is 19.1. The summed E-state index contributed by atoms with van der Waals surface area (Å²) in [4.78, 5) is 14.1. The largest absolute Gasteiger partial charge is 0.497 e. The number of nitrogens with zero attached hydrogens (tertiary/aromatic N) is 4. The average molecular weight is 454 g/mol. The van der Waals surface area contributed by atoms with Gasteiger partial charge in [0.05, 0.1) is 24.2 Å². The van der Waals surface area contributed by atoms with Crippen molar-refractivity contribution in [1.82, 2.24) is 19.4 Å². The summed E-state index contributed by atoms with van der Waals surface area (Å²) in [6, 6.07) is 20.2. The van der Waals surface area contributed by atoms with Crippen LogP contribution in [0.2, 0.25) is 0 Å². The molecule has 0 saturated heterocycles. The van der Waals surface area contributed by atoms with Crippen LogP contribution >= 0.6 is 0 Å². The van der Waals surface area contributed by atoms with Crippen LogP contribution in [-0.2, 0) is 13.0 Å². The maximum absolute atomic E-state index is 13.6. The monoisotopic (exact) mass is 453 g/mol. The van der Waals surface area contributed by atoms with E-state index in [1.165, 1.54) is 17.7 Å². The van der Waals surface area contributed by atoms with Crippen molar-refractivity contribution in [2.45, 2.75) is 19.9 Å². The van der Waals surface area contributed by atoms with E-state index in [0.717, 1.165) is 46.0 Å². The molecule has 7 heteroatoms. The number of imidazole rings is 1. The molecule has 6 nitrogen and oxygen atoms in total. The number of aryl methyl sites for hydroxylation is 1. The molecular formula is C27H24FN5O. The van der Waals surface area contributed by atoms with E-state index in [-0.39, 0.29) is 5.82 Å². The number of halogens is 1. The molecule has 0 aliphatic heterocycles. The van der Waals surface area contributed by atoms with Crippen molar-refractivity contribution >= 4 is 11.6 Å². The summed E-state index contributed by atoms with van der Waals surface area (Å²) >= 11 is 0. The molecule has 0 aliphatic carbocycles. The maximum Gasteiger partial charge on any atom is 0.223 e. The predicted molar refractivity (Wildman–Crippen MR) is 131 cm³/mol. The number of benzene rings is 2. The molecule has 5 rings (SSSR count). The van der Waals surface area contributed by atoms with Crippen LogP contribution in [0.15, 0.2) is 79.1 Å². The summed E-state index contributed by atoms with van der Waals surface area (Å²) in [5, 5.41) is 3.29. The normalized spacial score (nSPS) is 11.0. The fourth-order valence-electron chi connectivity index (χ4n) is 3.90. The minimum absolute atomic E-state index is 0.284. The summed E-state index contributed by atoms with van der Waals surface area (Å²) in [7, 11) is 1.65. The van der Waals surface area contributed by atoms with Crippen LogP contribution in [0.4, 0.5) is 10.3 Å². The zero-order valence-corrected chi connectivity index (χ0v) is 19.0. The van der Waals surface area contributed by atoms with Crippen LogP contribution in [0.25, 0.3) is 28.3 Å². The van der Waals surface area contributed by atoms with E-state index in [1.54, 1.807) is 25.4 Å². The lowest BCUT2D eigenvalue weighted by Crippen LogP contribution is -2.04. The number of hydrogen-bond acceptors (Lipinski definition) is 5. The van der Waals surface area contributed by atoms with E-state index < -0.39 is 0 Å². The van der Waals surface area contributed by atoms with Gasteiger partial charge in [0.15, 0.2) is 0 Å². The van der Waals surface area contributed by atoms with Gasteiger partial charge in [0, 0.05) is 24.5 Å². The van der Waals surface area contributed by atoms with E-state index in [4.69, 9.17) is 14.7 Å². The smallest absolute Gasteiger partial charge is 0.223 e. The zero-order valence-electron chi connectivity index (χ0n) is 19.0. The SMILES string of the molecule is CCc1ccn2c(-c3ccnc(NCc4cccc(OC)c4)n3)c(-c3ccc(F)cc3)nc2c1. The molecule has 3 aromatic heterocycles. The fourth-order valence-corrected chi connectivity index (χ4v) is 3.90. The number of anilines is 1. The Kier molecular flexibility index (Phi) is 5.91. The number of aromatic nitrogens is 4. The topological polar surface area (TPSA) is 64.3 Å². The lowest BCUT2D eigenvalue weighted by atomic mass is 10.1. The quantitative estimate of drug-likeness (QED) is 0.338. The number of hydrogen-bond donors (Lipinski definition) is 1. The Morgan fingerprint density at radius 2 is 1.82 bits per heavy atom. The molecule has 34 heavy (non-hydrogen) atoms. The molecule has 170 valence electrons. The van der Waals surface area contributed by atoms with Crippen LogP contribution in [-0.4, -0.2) is 26.5 Å². The van der Waals surface area contributed by atoms with Crippen LogP contribution in [0.5, 0.6) is 5.75 Å². The first-order valence-corrected chi connectivity index (χ1v) is 11.1. The lowest BCUT2D eigenvalue weighted by Gasteiger charge is -2.09. The average Bonchev–Trinajstić information content (AvgIpc) is 3.27. The Balaban J connectivity index is 1.55. The molecule has 2 aromatic carbocycles. The zero-order chi connectivity index (χ0) is 23.5. The highest BCUT2D eigenvalue weighted by molar-refractivity contribution is 5.80. The second kappa shape index (κ2) is 9.31. The number of pyridine rings is 1. The van der Waals surface area contributed by atoms with Gasteiger partial charge >= 0.3 is 0 Å². The Labute approximate surface area is 197 Å². The molecule has 0 bridgehead atoms. The minimum atomic E-state index is -0.284. The van der Waals surface area contributed by atoms with E-state index >= 15 is 0 Å². The molecule has 0 radical (unpaired) electrons. The molecule has 0 amide bonds. The van der Waals surface area contributed by atoms with Gasteiger partial charge in [0.2, 0.25) is 5.95 Å². The molecule has 0 unspecified atom stereocenters. The van der Waals surface area contributed by atoms with Crippen LogP contribution in [0, 0.1) is 5.82 Å². The Morgan fingerprint density at radius 3 is 2.62 bits per heavy atom. The highest BCUT2D eigenvalue weighted by Gasteiger charge is 2.18. The van der Waals surface area contributed by atoms with Gasteiger partial charge in [0.1, 0.15) is 17.2 Å². The number of nitrogens with one attached hydrogen (secondary N) is 1. The van der Waals surface area contributed by atoms with Gasteiger partial charge in [0.25, 0.3) is 0 Å². The van der Waals surface area contributed by atoms with Crippen molar-refractivity contribution in [2.24, 2.45) is 0 Å². The van der Waals surface area contributed by atoms with E-state index in [1.807, 2.05) is 40.9 Å². The third-order valence-corrected chi connectivity index (χ3v) is 5.70. The summed E-state index contributed by atoms with van der Waals surface area (Å²) in [5.74, 6) is 1.02. The fraction of sp³-hybridized carbons (Fsp3) is 0.148. The number of rotatable bonds is 7. The van der Waals surface area contributed by atoms with Crippen LogP contribution in [0.3, 0.4) is 0 Å². The number of ether oxygens (including phenoxy) is 1. The van der Waals surface area contributed by atoms with Gasteiger partial charge in [-0.15, -0.1) is 0 Å². The lowest BCUT2D eigenvalue weighted by molar-refractivity contribution is 0.414. The molecule has 0 saturated carbocycles. The first-order chi connectivity index (χ1) is 16.6. The van der Waals surface area contributed by atoms with Gasteiger partial charge < -0.3 is 10.1 Å². The van der Waals surface area contributed by atoms with Crippen LogP contribution in [0.1, 0.15) is 18.1 Å². The van der Waals surface area contributed by atoms with E-state index in [9.17, 15) is 4.39 Å². The van der Waals surface area contributed by atoms with Gasteiger partial charge in [-0.25, -0.2) is 19.3 Å². The minimum Gasteiger partial charge on any atom is -0.497 e. The highest BCUT2D eigenvalue weighted by Crippen LogP contribution is 2.32. The standard InChI is InChI=1S/C27H24FN5O/c1-3-18-12-14-33-24(16-18)32-25(20-7-9-21(28)10-8-20)26(33)23-11-13-29-27(31-23)30-17-19-5-4-6-22(15-19)34-2/h4-16H,3,17H2,1-2H3,(H,29,30,31). The summed E-state index contributed by atoms with van der Waals surface area (Å²) < 4.78 is 20.9. The van der Waals surface area contributed by atoms with E-state index in [0.29, 0.717) is 12.5 Å². The Hall–Kier alpha value is -4.26. The van der Waals surface area contributed by atoms with Gasteiger partial charge in [-0.1, -0.05) is 19.1 Å². The van der Waals surface area contributed by atoms with Crippen molar-refractivity contribution in [1.29, 1.82) is 0 Å². The first-order valence-electron chi connectivity index (χ1n) is 11.1. The van der Waals surface area contributed by atoms with Gasteiger partial charge in [-0.2, -0.15) is 0 Å². The van der Waals surface area contributed by atoms with Crippen molar-refractivity contribution < 1.29 is 9.13 Å². The molecule has 0 atom stereocenters. The van der Waals surface area contributed by atoms with Gasteiger partial charge in [-0.05, 0) is 72.1 Å². The van der Waals surface area contributed by atoms with E-state index in [2.05, 4.69) is 29.4 Å².